The molecule has 12 heavy (non-hydrogen) atoms. The van der Waals surface area contributed by atoms with E-state index in [9.17, 15) is 4.39 Å². The van der Waals surface area contributed by atoms with Crippen molar-refractivity contribution in [3.8, 4) is 0 Å². The lowest BCUT2D eigenvalue weighted by atomic mass is 9.99. The largest absolute Gasteiger partial charge is 0.398 e. The lowest BCUT2D eigenvalue weighted by molar-refractivity contribution is 0.622. The average molecular weight is 168 g/mol. The summed E-state index contributed by atoms with van der Waals surface area (Å²) in [7, 11) is 0. The average Bonchev–Trinajstić information content (AvgIpc) is 2.08. The summed E-state index contributed by atoms with van der Waals surface area (Å²) in [5.41, 5.74) is 12.5. The van der Waals surface area contributed by atoms with Gasteiger partial charge in [0.15, 0.2) is 0 Å². The van der Waals surface area contributed by atoms with Crippen molar-refractivity contribution in [2.24, 2.45) is 5.73 Å². The quantitative estimate of drug-likeness (QED) is 0.657. The first kappa shape index (κ1) is 9.00. The molecular formula is C9H13FN2. The summed E-state index contributed by atoms with van der Waals surface area (Å²) in [4.78, 5) is 0. The van der Waals surface area contributed by atoms with Crippen molar-refractivity contribution in [2.75, 3.05) is 12.3 Å². The van der Waals surface area contributed by atoms with Crippen LogP contribution in [-0.2, 0) is 0 Å². The van der Waals surface area contributed by atoms with E-state index in [1.165, 1.54) is 12.1 Å². The Morgan fingerprint density at radius 3 is 2.75 bits per heavy atom. The Hall–Kier alpha value is -1.09. The van der Waals surface area contributed by atoms with E-state index in [1.54, 1.807) is 6.07 Å². The van der Waals surface area contributed by atoms with E-state index >= 15 is 0 Å². The zero-order valence-corrected chi connectivity index (χ0v) is 7.05. The molecule has 0 aliphatic heterocycles. The molecule has 2 nitrogen and oxygen atoms in total. The fraction of sp³-hybridized carbons (Fsp3) is 0.333. The predicted molar refractivity (Wildman–Crippen MR) is 48.3 cm³/mol. The molecule has 0 saturated carbocycles. The molecular weight excluding hydrogens is 155 g/mol. The number of hydrogen-bond donors (Lipinski definition) is 2. The lowest BCUT2D eigenvalue weighted by Crippen LogP contribution is -2.11. The molecule has 0 amide bonds. The second-order valence-corrected chi connectivity index (χ2v) is 2.91. The van der Waals surface area contributed by atoms with E-state index < -0.39 is 0 Å². The van der Waals surface area contributed by atoms with Crippen molar-refractivity contribution in [3.63, 3.8) is 0 Å². The molecule has 0 heterocycles. The first-order valence-corrected chi connectivity index (χ1v) is 3.90. The maximum atomic E-state index is 12.7. The molecule has 1 atom stereocenters. The van der Waals surface area contributed by atoms with Crippen molar-refractivity contribution in [2.45, 2.75) is 12.8 Å². The number of anilines is 1. The van der Waals surface area contributed by atoms with Gasteiger partial charge in [-0.1, -0.05) is 6.92 Å². The van der Waals surface area contributed by atoms with Crippen LogP contribution in [0.4, 0.5) is 10.1 Å². The van der Waals surface area contributed by atoms with Gasteiger partial charge in [-0.05, 0) is 36.2 Å². The van der Waals surface area contributed by atoms with E-state index in [0.717, 1.165) is 5.56 Å². The van der Waals surface area contributed by atoms with Gasteiger partial charge in [-0.2, -0.15) is 0 Å². The van der Waals surface area contributed by atoms with Gasteiger partial charge in [0, 0.05) is 5.69 Å². The third kappa shape index (κ3) is 1.74. The number of nitrogen functional groups attached to an aromatic ring is 1. The van der Waals surface area contributed by atoms with E-state index in [2.05, 4.69) is 0 Å². The molecule has 3 heteroatoms. The molecule has 0 radical (unpaired) electrons. The van der Waals surface area contributed by atoms with E-state index in [1.807, 2.05) is 6.92 Å². The van der Waals surface area contributed by atoms with Crippen LogP contribution in [0, 0.1) is 5.82 Å². The van der Waals surface area contributed by atoms with Crippen molar-refractivity contribution in [1.82, 2.24) is 0 Å². The van der Waals surface area contributed by atoms with Crippen LogP contribution in [0.2, 0.25) is 0 Å². The second kappa shape index (κ2) is 3.54. The van der Waals surface area contributed by atoms with Crippen molar-refractivity contribution < 1.29 is 4.39 Å². The van der Waals surface area contributed by atoms with Crippen LogP contribution in [0.25, 0.3) is 0 Å². The Labute approximate surface area is 71.4 Å². The van der Waals surface area contributed by atoms with E-state index in [-0.39, 0.29) is 11.7 Å². The highest BCUT2D eigenvalue weighted by atomic mass is 19.1. The molecule has 0 spiro atoms. The zero-order valence-electron chi connectivity index (χ0n) is 7.05. The van der Waals surface area contributed by atoms with Crippen LogP contribution >= 0.6 is 0 Å². The maximum absolute atomic E-state index is 12.7. The molecule has 0 aliphatic rings. The van der Waals surface area contributed by atoms with Crippen LogP contribution in [0.15, 0.2) is 18.2 Å². The molecule has 1 aromatic rings. The van der Waals surface area contributed by atoms with Gasteiger partial charge >= 0.3 is 0 Å². The highest BCUT2D eigenvalue weighted by Gasteiger charge is 2.07. The lowest BCUT2D eigenvalue weighted by Gasteiger charge is -2.11. The van der Waals surface area contributed by atoms with Crippen LogP contribution in [0.3, 0.4) is 0 Å². The van der Waals surface area contributed by atoms with Gasteiger partial charge in [-0.3, -0.25) is 0 Å². The summed E-state index contributed by atoms with van der Waals surface area (Å²) in [5, 5.41) is 0. The maximum Gasteiger partial charge on any atom is 0.123 e. The molecule has 0 saturated heterocycles. The third-order valence-corrected chi connectivity index (χ3v) is 1.93. The van der Waals surface area contributed by atoms with Crippen LogP contribution in [0.1, 0.15) is 18.4 Å². The van der Waals surface area contributed by atoms with Gasteiger partial charge in [0.2, 0.25) is 0 Å². The highest BCUT2D eigenvalue weighted by Crippen LogP contribution is 2.21. The smallest absolute Gasteiger partial charge is 0.123 e. The van der Waals surface area contributed by atoms with Crippen LogP contribution in [-0.4, -0.2) is 6.54 Å². The number of halogens is 1. The topological polar surface area (TPSA) is 52.0 Å². The Kier molecular flexibility index (Phi) is 2.65. The Morgan fingerprint density at radius 1 is 1.50 bits per heavy atom. The summed E-state index contributed by atoms with van der Waals surface area (Å²) in [5.74, 6) is -0.153. The minimum atomic E-state index is -0.264. The second-order valence-electron chi connectivity index (χ2n) is 2.91. The number of benzene rings is 1. The summed E-state index contributed by atoms with van der Waals surface area (Å²) in [6.07, 6.45) is 0. The predicted octanol–water partition coefficient (Wildman–Crippen LogP) is 1.47. The number of nitrogens with two attached hydrogens (primary N) is 2. The van der Waals surface area contributed by atoms with Gasteiger partial charge in [-0.25, -0.2) is 4.39 Å². The SMILES string of the molecule is CC(CN)c1cc(F)ccc1N. The molecule has 0 bridgehead atoms. The summed E-state index contributed by atoms with van der Waals surface area (Å²) in [6.45, 7) is 2.40. The van der Waals surface area contributed by atoms with E-state index in [4.69, 9.17) is 11.5 Å². The fourth-order valence-electron chi connectivity index (χ4n) is 1.10. The van der Waals surface area contributed by atoms with Crippen molar-refractivity contribution >= 4 is 5.69 Å². The molecule has 0 fully saturated rings. The standard InChI is InChI=1S/C9H13FN2/c1-6(5-11)8-4-7(10)2-3-9(8)12/h2-4,6H,5,11-12H2,1H3. The molecule has 4 N–H and O–H groups in total. The van der Waals surface area contributed by atoms with Crippen molar-refractivity contribution in [3.05, 3.63) is 29.6 Å². The molecule has 0 aliphatic carbocycles. The Bertz CT molecular complexity index is 273. The minimum Gasteiger partial charge on any atom is -0.398 e. The normalized spacial score (nSPS) is 12.9. The fourth-order valence-corrected chi connectivity index (χ4v) is 1.10. The van der Waals surface area contributed by atoms with Gasteiger partial charge in [0.1, 0.15) is 5.82 Å². The summed E-state index contributed by atoms with van der Waals surface area (Å²) in [6, 6.07) is 4.35. The summed E-state index contributed by atoms with van der Waals surface area (Å²) < 4.78 is 12.7. The molecule has 1 unspecified atom stereocenters. The van der Waals surface area contributed by atoms with Gasteiger partial charge < -0.3 is 11.5 Å². The number of hydrogen-bond acceptors (Lipinski definition) is 2. The molecule has 66 valence electrons. The van der Waals surface area contributed by atoms with E-state index in [0.29, 0.717) is 12.2 Å². The van der Waals surface area contributed by atoms with Crippen LogP contribution < -0.4 is 11.5 Å². The first-order valence-electron chi connectivity index (χ1n) is 3.90. The van der Waals surface area contributed by atoms with Gasteiger partial charge in [0.05, 0.1) is 0 Å². The highest BCUT2D eigenvalue weighted by molar-refractivity contribution is 5.48. The Morgan fingerprint density at radius 2 is 2.17 bits per heavy atom. The first-order chi connectivity index (χ1) is 5.65. The summed E-state index contributed by atoms with van der Waals surface area (Å²) >= 11 is 0. The zero-order chi connectivity index (χ0) is 9.14. The Balaban J connectivity index is 3.04. The number of rotatable bonds is 2. The molecule has 1 rings (SSSR count). The monoisotopic (exact) mass is 168 g/mol. The molecule has 0 aromatic heterocycles. The van der Waals surface area contributed by atoms with Gasteiger partial charge in [-0.15, -0.1) is 0 Å². The van der Waals surface area contributed by atoms with Gasteiger partial charge in [0.25, 0.3) is 0 Å². The minimum absolute atomic E-state index is 0.112. The molecule has 1 aromatic carbocycles. The van der Waals surface area contributed by atoms with Crippen molar-refractivity contribution in [1.29, 1.82) is 0 Å². The third-order valence-electron chi connectivity index (χ3n) is 1.93. The van der Waals surface area contributed by atoms with Crippen LogP contribution in [0.5, 0.6) is 0 Å².